The summed E-state index contributed by atoms with van der Waals surface area (Å²) in [5.41, 5.74) is -0.630. The highest BCUT2D eigenvalue weighted by Crippen LogP contribution is 2.29. The van der Waals surface area contributed by atoms with Crippen molar-refractivity contribution < 1.29 is 24.2 Å². The van der Waals surface area contributed by atoms with Crippen LogP contribution in [0.5, 0.6) is 0 Å². The Morgan fingerprint density at radius 1 is 1.10 bits per heavy atom. The fraction of sp³-hybridized carbons (Fsp3) is 0.864. The molecule has 0 radical (unpaired) electrons. The van der Waals surface area contributed by atoms with Crippen LogP contribution in [0.25, 0.3) is 0 Å². The zero-order valence-corrected chi connectivity index (χ0v) is 19.0. The normalized spacial score (nSPS) is 30.0. The van der Waals surface area contributed by atoms with E-state index in [0.717, 1.165) is 51.6 Å². The fourth-order valence-electron chi connectivity index (χ4n) is 4.77. The minimum atomic E-state index is -0.630. The molecule has 4 N–H and O–H groups in total. The second kappa shape index (κ2) is 10.2. The van der Waals surface area contributed by atoms with Crippen LogP contribution in [0.2, 0.25) is 0 Å². The Kier molecular flexibility index (Phi) is 7.80. The SMILES string of the molecule is CC(C)(C)OC(=O)N[C@H](C(=O)N1CCCC1)C1CCC(NC(=O)C2C[C@@H](O)CN2)CC1. The van der Waals surface area contributed by atoms with Crippen molar-refractivity contribution in [2.45, 2.75) is 95.5 Å². The maximum Gasteiger partial charge on any atom is 0.408 e. The molecule has 2 heterocycles. The van der Waals surface area contributed by atoms with Gasteiger partial charge in [-0.05, 0) is 71.6 Å². The van der Waals surface area contributed by atoms with Crippen molar-refractivity contribution in [3.8, 4) is 0 Å². The number of nitrogens with one attached hydrogen (secondary N) is 3. The Bertz CT molecular complexity index is 651. The molecule has 0 aromatic heterocycles. The van der Waals surface area contributed by atoms with Gasteiger partial charge < -0.3 is 30.7 Å². The highest BCUT2D eigenvalue weighted by atomic mass is 16.6. The van der Waals surface area contributed by atoms with Crippen LogP contribution in [0.4, 0.5) is 4.79 Å². The van der Waals surface area contributed by atoms with Crippen molar-refractivity contribution in [1.82, 2.24) is 20.9 Å². The molecule has 31 heavy (non-hydrogen) atoms. The summed E-state index contributed by atoms with van der Waals surface area (Å²) in [7, 11) is 0. The van der Waals surface area contributed by atoms with Crippen LogP contribution >= 0.6 is 0 Å². The van der Waals surface area contributed by atoms with Gasteiger partial charge in [0.05, 0.1) is 12.1 Å². The van der Waals surface area contributed by atoms with Gasteiger partial charge >= 0.3 is 6.09 Å². The van der Waals surface area contributed by atoms with Gasteiger partial charge in [-0.15, -0.1) is 0 Å². The number of aliphatic hydroxyl groups excluding tert-OH is 1. The average Bonchev–Trinajstić information content (AvgIpc) is 3.37. The van der Waals surface area contributed by atoms with Gasteiger partial charge in [-0.3, -0.25) is 9.59 Å². The minimum absolute atomic E-state index is 0.0141. The predicted molar refractivity (Wildman–Crippen MR) is 115 cm³/mol. The van der Waals surface area contributed by atoms with Gasteiger partial charge in [-0.25, -0.2) is 4.79 Å². The molecule has 2 saturated heterocycles. The lowest BCUT2D eigenvalue weighted by Crippen LogP contribution is -2.54. The molecule has 2 aliphatic heterocycles. The summed E-state index contributed by atoms with van der Waals surface area (Å²) >= 11 is 0. The molecule has 9 nitrogen and oxygen atoms in total. The topological polar surface area (TPSA) is 120 Å². The van der Waals surface area contributed by atoms with E-state index >= 15 is 0 Å². The molecule has 1 unspecified atom stereocenters. The standard InChI is InChI=1S/C22H38N4O5/c1-22(2,3)31-21(30)25-18(20(29)26-10-4-5-11-26)14-6-8-15(9-7-14)24-19(28)17-12-16(27)13-23-17/h14-18,23,27H,4-13H2,1-3H3,(H,24,28)(H,25,30)/t14?,15?,16-,17?,18+/m1/s1. The van der Waals surface area contributed by atoms with Crippen molar-refractivity contribution in [3.63, 3.8) is 0 Å². The van der Waals surface area contributed by atoms with Gasteiger partial charge in [0.15, 0.2) is 0 Å². The molecule has 3 atom stereocenters. The summed E-state index contributed by atoms with van der Waals surface area (Å²) in [6, 6.07) is -0.894. The number of hydrogen-bond acceptors (Lipinski definition) is 6. The largest absolute Gasteiger partial charge is 0.444 e. The molecule has 3 rings (SSSR count). The Morgan fingerprint density at radius 2 is 1.74 bits per heavy atom. The van der Waals surface area contributed by atoms with E-state index in [1.54, 1.807) is 20.8 Å². The van der Waals surface area contributed by atoms with Gasteiger partial charge in [0.2, 0.25) is 11.8 Å². The number of ether oxygens (including phenoxy) is 1. The number of rotatable bonds is 5. The molecule has 3 fully saturated rings. The second-order valence-corrected chi connectivity index (χ2v) is 10.1. The third kappa shape index (κ3) is 6.80. The number of alkyl carbamates (subject to hydrolysis) is 1. The maximum atomic E-state index is 13.2. The molecule has 0 spiro atoms. The number of hydrogen-bond donors (Lipinski definition) is 4. The van der Waals surface area contributed by atoms with Crippen LogP contribution in [0.15, 0.2) is 0 Å². The third-order valence-corrected chi connectivity index (χ3v) is 6.37. The van der Waals surface area contributed by atoms with Crippen molar-refractivity contribution >= 4 is 17.9 Å². The summed E-state index contributed by atoms with van der Waals surface area (Å²) in [6.07, 6.45) is 4.39. The van der Waals surface area contributed by atoms with E-state index in [-0.39, 0.29) is 29.8 Å². The molecular weight excluding hydrogens is 400 g/mol. The van der Waals surface area contributed by atoms with E-state index in [9.17, 15) is 19.5 Å². The van der Waals surface area contributed by atoms with Crippen LogP contribution < -0.4 is 16.0 Å². The molecule has 3 amide bonds. The van der Waals surface area contributed by atoms with Crippen LogP contribution in [0, 0.1) is 5.92 Å². The zero-order chi connectivity index (χ0) is 22.6. The Labute approximate surface area is 184 Å². The fourth-order valence-corrected chi connectivity index (χ4v) is 4.77. The van der Waals surface area contributed by atoms with Crippen molar-refractivity contribution in [1.29, 1.82) is 0 Å². The molecular formula is C22H38N4O5. The highest BCUT2D eigenvalue weighted by Gasteiger charge is 2.38. The number of carbonyl (C=O) groups excluding carboxylic acids is 3. The quantitative estimate of drug-likeness (QED) is 0.506. The lowest BCUT2D eigenvalue weighted by molar-refractivity contribution is -0.134. The van der Waals surface area contributed by atoms with Gasteiger partial charge in [0.1, 0.15) is 11.6 Å². The van der Waals surface area contributed by atoms with Gasteiger partial charge in [-0.2, -0.15) is 0 Å². The van der Waals surface area contributed by atoms with Crippen LogP contribution in [0.3, 0.4) is 0 Å². The Morgan fingerprint density at radius 3 is 2.29 bits per heavy atom. The van der Waals surface area contributed by atoms with Crippen molar-refractivity contribution in [3.05, 3.63) is 0 Å². The second-order valence-electron chi connectivity index (χ2n) is 10.1. The van der Waals surface area contributed by atoms with E-state index in [4.69, 9.17) is 4.74 Å². The van der Waals surface area contributed by atoms with E-state index in [2.05, 4.69) is 16.0 Å². The first-order valence-electron chi connectivity index (χ1n) is 11.6. The van der Waals surface area contributed by atoms with E-state index in [1.165, 1.54) is 0 Å². The first-order valence-corrected chi connectivity index (χ1v) is 11.6. The molecule has 3 aliphatic rings. The van der Waals surface area contributed by atoms with E-state index in [1.807, 2.05) is 4.90 Å². The first-order chi connectivity index (χ1) is 14.6. The number of nitrogens with zero attached hydrogens (tertiary/aromatic N) is 1. The predicted octanol–water partition coefficient (Wildman–Crippen LogP) is 0.900. The number of carbonyl (C=O) groups is 3. The lowest BCUT2D eigenvalue weighted by Gasteiger charge is -2.36. The molecule has 1 saturated carbocycles. The van der Waals surface area contributed by atoms with Gasteiger partial charge in [-0.1, -0.05) is 0 Å². The zero-order valence-electron chi connectivity index (χ0n) is 19.0. The molecule has 0 bridgehead atoms. The third-order valence-electron chi connectivity index (χ3n) is 6.37. The number of β-amino-alcohol motifs (C(OH)–C–C–N with tert-alkyl or cyclic N) is 1. The number of likely N-dealkylation sites (tertiary alicyclic amines) is 1. The van der Waals surface area contributed by atoms with Crippen LogP contribution in [-0.2, 0) is 14.3 Å². The number of amides is 3. The Hall–Kier alpha value is -1.87. The molecule has 1 aliphatic carbocycles. The first kappa shape index (κ1) is 23.8. The summed E-state index contributed by atoms with van der Waals surface area (Å²) in [5.74, 6) is -0.0863. The minimum Gasteiger partial charge on any atom is -0.444 e. The molecule has 176 valence electrons. The summed E-state index contributed by atoms with van der Waals surface area (Å²) in [4.78, 5) is 39.8. The van der Waals surface area contributed by atoms with E-state index < -0.39 is 23.8 Å². The Balaban J connectivity index is 1.56. The van der Waals surface area contributed by atoms with Gasteiger partial charge in [0.25, 0.3) is 0 Å². The highest BCUT2D eigenvalue weighted by molar-refractivity contribution is 5.86. The smallest absolute Gasteiger partial charge is 0.408 e. The van der Waals surface area contributed by atoms with Gasteiger partial charge in [0, 0.05) is 25.7 Å². The molecule has 0 aromatic rings. The number of aliphatic hydroxyl groups is 1. The lowest BCUT2D eigenvalue weighted by atomic mass is 9.81. The summed E-state index contributed by atoms with van der Waals surface area (Å²) < 4.78 is 5.41. The molecule has 9 heteroatoms. The van der Waals surface area contributed by atoms with Crippen molar-refractivity contribution in [2.24, 2.45) is 5.92 Å². The molecule has 0 aromatic carbocycles. The van der Waals surface area contributed by atoms with Crippen LogP contribution in [-0.4, -0.2) is 77.4 Å². The van der Waals surface area contributed by atoms with E-state index in [0.29, 0.717) is 13.0 Å². The van der Waals surface area contributed by atoms with Crippen molar-refractivity contribution in [2.75, 3.05) is 19.6 Å². The monoisotopic (exact) mass is 438 g/mol. The average molecular weight is 439 g/mol. The maximum absolute atomic E-state index is 13.2. The summed E-state index contributed by atoms with van der Waals surface area (Å²) in [6.45, 7) is 7.32. The van der Waals surface area contributed by atoms with Crippen LogP contribution in [0.1, 0.15) is 65.7 Å². The summed E-state index contributed by atoms with van der Waals surface area (Å²) in [5, 5.41) is 18.6.